The Kier molecular flexibility index (Phi) is 2.37. The Morgan fingerprint density at radius 1 is 1.60 bits per heavy atom. The minimum Gasteiger partial charge on any atom is -0.504 e. The molecule has 0 saturated carbocycles. The molecule has 0 bridgehead atoms. The second kappa shape index (κ2) is 3.68. The Morgan fingerprint density at radius 3 is 3.00 bits per heavy atom. The van der Waals surface area contributed by atoms with Gasteiger partial charge in [0.1, 0.15) is 6.61 Å². The summed E-state index contributed by atoms with van der Waals surface area (Å²) in [6.45, 7) is 0.298. The highest BCUT2D eigenvalue weighted by Gasteiger charge is 2.24. The summed E-state index contributed by atoms with van der Waals surface area (Å²) in [6, 6.07) is 4.75. The molecular weight excluding hydrogens is 198 g/mol. The quantitative estimate of drug-likeness (QED) is 0.767. The third-order valence-corrected chi connectivity index (χ3v) is 2.28. The third-order valence-electron chi connectivity index (χ3n) is 2.28. The van der Waals surface area contributed by atoms with Crippen LogP contribution in [0.3, 0.4) is 0 Å². The predicted octanol–water partition coefficient (Wildman–Crippen LogP) is 1.18. The monoisotopic (exact) mass is 209 g/mol. The van der Waals surface area contributed by atoms with Crippen molar-refractivity contribution < 1.29 is 19.4 Å². The number of amides is 1. The molecule has 0 unspecified atom stereocenters. The lowest BCUT2D eigenvalue weighted by Crippen LogP contribution is -2.18. The number of benzene rings is 1. The highest BCUT2D eigenvalue weighted by atomic mass is 16.6. The van der Waals surface area contributed by atoms with Crippen LogP contribution in [0.4, 0.5) is 4.79 Å². The van der Waals surface area contributed by atoms with Crippen molar-refractivity contribution in [3.63, 3.8) is 0 Å². The Labute approximate surface area is 86.6 Å². The summed E-state index contributed by atoms with van der Waals surface area (Å²) in [5, 5.41) is 12.0. The van der Waals surface area contributed by atoms with Crippen LogP contribution >= 0.6 is 0 Å². The zero-order valence-corrected chi connectivity index (χ0v) is 8.19. The number of phenols is 1. The Bertz CT molecular complexity index is 391. The van der Waals surface area contributed by atoms with E-state index in [0.717, 1.165) is 5.56 Å². The SMILES string of the molecule is COc1cc([C@H]2COC(=O)N2)ccc1O. The second-order valence-corrected chi connectivity index (χ2v) is 3.23. The normalized spacial score (nSPS) is 19.5. The highest BCUT2D eigenvalue weighted by molar-refractivity contribution is 5.70. The Hall–Kier alpha value is -1.91. The van der Waals surface area contributed by atoms with E-state index < -0.39 is 6.09 Å². The number of rotatable bonds is 2. The van der Waals surface area contributed by atoms with Gasteiger partial charge in [-0.05, 0) is 17.7 Å². The van der Waals surface area contributed by atoms with Gasteiger partial charge < -0.3 is 19.9 Å². The maximum atomic E-state index is 10.8. The zero-order valence-electron chi connectivity index (χ0n) is 8.19. The van der Waals surface area contributed by atoms with Gasteiger partial charge in [-0.3, -0.25) is 0 Å². The molecule has 1 aliphatic rings. The lowest BCUT2D eigenvalue weighted by Gasteiger charge is -2.10. The summed E-state index contributed by atoms with van der Waals surface area (Å²) >= 11 is 0. The van der Waals surface area contributed by atoms with Crippen LogP contribution in [0.5, 0.6) is 11.5 Å². The lowest BCUT2D eigenvalue weighted by atomic mass is 10.1. The number of aromatic hydroxyl groups is 1. The first kappa shape index (κ1) is 9.64. The maximum Gasteiger partial charge on any atom is 0.407 e. The van der Waals surface area contributed by atoms with Crippen molar-refractivity contribution in [1.82, 2.24) is 5.32 Å². The van der Waals surface area contributed by atoms with Crippen molar-refractivity contribution in [3.8, 4) is 11.5 Å². The number of carbonyl (C=O) groups is 1. The van der Waals surface area contributed by atoms with E-state index in [4.69, 9.17) is 9.47 Å². The molecule has 0 aromatic heterocycles. The van der Waals surface area contributed by atoms with Gasteiger partial charge in [-0.25, -0.2) is 4.79 Å². The molecule has 1 amide bonds. The molecule has 15 heavy (non-hydrogen) atoms. The van der Waals surface area contributed by atoms with E-state index >= 15 is 0 Å². The number of cyclic esters (lactones) is 1. The second-order valence-electron chi connectivity index (χ2n) is 3.23. The maximum absolute atomic E-state index is 10.8. The van der Waals surface area contributed by atoms with E-state index in [1.165, 1.54) is 13.2 Å². The molecule has 1 aliphatic heterocycles. The number of alkyl carbamates (subject to hydrolysis) is 1. The van der Waals surface area contributed by atoms with E-state index in [0.29, 0.717) is 12.4 Å². The fourth-order valence-corrected chi connectivity index (χ4v) is 1.48. The third kappa shape index (κ3) is 1.81. The molecule has 1 saturated heterocycles. The molecule has 80 valence electrons. The van der Waals surface area contributed by atoms with E-state index in [-0.39, 0.29) is 11.8 Å². The van der Waals surface area contributed by atoms with Crippen LogP contribution in [0.1, 0.15) is 11.6 Å². The van der Waals surface area contributed by atoms with Crippen molar-refractivity contribution in [2.45, 2.75) is 6.04 Å². The van der Waals surface area contributed by atoms with Crippen LogP contribution in [0, 0.1) is 0 Å². The molecule has 1 fully saturated rings. The van der Waals surface area contributed by atoms with E-state index in [1.807, 2.05) is 0 Å². The minimum atomic E-state index is -0.424. The van der Waals surface area contributed by atoms with Crippen molar-refractivity contribution in [2.75, 3.05) is 13.7 Å². The molecular formula is C10H11NO4. The molecule has 5 nitrogen and oxygen atoms in total. The van der Waals surface area contributed by atoms with Gasteiger partial charge in [-0.1, -0.05) is 6.07 Å². The van der Waals surface area contributed by atoms with Crippen molar-refractivity contribution in [3.05, 3.63) is 23.8 Å². The van der Waals surface area contributed by atoms with Crippen LogP contribution < -0.4 is 10.1 Å². The first-order chi connectivity index (χ1) is 7.20. The molecule has 5 heteroatoms. The van der Waals surface area contributed by atoms with E-state index in [9.17, 15) is 9.90 Å². The summed E-state index contributed by atoms with van der Waals surface area (Å²) in [6.07, 6.45) is -0.424. The molecule has 1 heterocycles. The van der Waals surface area contributed by atoms with Gasteiger partial charge in [0, 0.05) is 0 Å². The average Bonchev–Trinajstić information content (AvgIpc) is 2.66. The average molecular weight is 209 g/mol. The first-order valence-corrected chi connectivity index (χ1v) is 4.51. The molecule has 2 rings (SSSR count). The van der Waals surface area contributed by atoms with Crippen LogP contribution in [-0.2, 0) is 4.74 Å². The highest BCUT2D eigenvalue weighted by Crippen LogP contribution is 2.29. The Balaban J connectivity index is 2.25. The number of carbonyl (C=O) groups excluding carboxylic acids is 1. The number of methoxy groups -OCH3 is 1. The van der Waals surface area contributed by atoms with Crippen LogP contribution in [0.25, 0.3) is 0 Å². The summed E-state index contributed by atoms with van der Waals surface area (Å²) in [5.74, 6) is 0.458. The lowest BCUT2D eigenvalue weighted by molar-refractivity contribution is 0.177. The summed E-state index contributed by atoms with van der Waals surface area (Å²) < 4.78 is 9.74. The molecule has 0 aliphatic carbocycles. The first-order valence-electron chi connectivity index (χ1n) is 4.51. The standard InChI is InChI=1S/C10H11NO4/c1-14-9-4-6(2-3-8(9)12)7-5-15-10(13)11-7/h2-4,7,12H,5H2,1H3,(H,11,13)/t7-/m1/s1. The van der Waals surface area contributed by atoms with Crippen LogP contribution in [0.15, 0.2) is 18.2 Å². The van der Waals surface area contributed by atoms with Crippen molar-refractivity contribution in [1.29, 1.82) is 0 Å². The van der Waals surface area contributed by atoms with Gasteiger partial charge in [0.2, 0.25) is 0 Å². The van der Waals surface area contributed by atoms with Gasteiger partial charge >= 0.3 is 6.09 Å². The molecule has 1 aromatic rings. The fraction of sp³-hybridized carbons (Fsp3) is 0.300. The number of ether oxygens (including phenoxy) is 2. The van der Waals surface area contributed by atoms with Gasteiger partial charge in [0.25, 0.3) is 0 Å². The molecule has 0 radical (unpaired) electrons. The molecule has 0 spiro atoms. The van der Waals surface area contributed by atoms with Gasteiger partial charge in [-0.2, -0.15) is 0 Å². The number of nitrogens with one attached hydrogen (secondary N) is 1. The van der Waals surface area contributed by atoms with Gasteiger partial charge in [0.05, 0.1) is 13.2 Å². The molecule has 2 N–H and O–H groups in total. The van der Waals surface area contributed by atoms with E-state index in [1.54, 1.807) is 12.1 Å². The molecule has 1 atom stereocenters. The number of hydrogen-bond acceptors (Lipinski definition) is 4. The predicted molar refractivity (Wildman–Crippen MR) is 51.9 cm³/mol. The van der Waals surface area contributed by atoms with Crippen molar-refractivity contribution >= 4 is 6.09 Å². The topological polar surface area (TPSA) is 67.8 Å². The fourth-order valence-electron chi connectivity index (χ4n) is 1.48. The smallest absolute Gasteiger partial charge is 0.407 e. The number of hydrogen-bond donors (Lipinski definition) is 2. The summed E-state index contributed by atoms with van der Waals surface area (Å²) in [4.78, 5) is 10.8. The summed E-state index contributed by atoms with van der Waals surface area (Å²) in [7, 11) is 1.47. The van der Waals surface area contributed by atoms with Crippen LogP contribution in [-0.4, -0.2) is 24.9 Å². The van der Waals surface area contributed by atoms with Crippen LogP contribution in [0.2, 0.25) is 0 Å². The minimum absolute atomic E-state index is 0.0755. The van der Waals surface area contributed by atoms with E-state index in [2.05, 4.69) is 5.32 Å². The van der Waals surface area contributed by atoms with Gasteiger partial charge in [-0.15, -0.1) is 0 Å². The Morgan fingerprint density at radius 2 is 2.40 bits per heavy atom. The number of phenolic OH excluding ortho intramolecular Hbond substituents is 1. The van der Waals surface area contributed by atoms with Gasteiger partial charge in [0.15, 0.2) is 11.5 Å². The summed E-state index contributed by atoms with van der Waals surface area (Å²) in [5.41, 5.74) is 0.843. The largest absolute Gasteiger partial charge is 0.504 e. The van der Waals surface area contributed by atoms with Crippen molar-refractivity contribution in [2.24, 2.45) is 0 Å². The zero-order chi connectivity index (χ0) is 10.8. The molecule has 1 aromatic carbocycles.